The van der Waals surface area contributed by atoms with Crippen molar-refractivity contribution in [3.8, 4) is 0 Å². The molecule has 0 amide bonds. The summed E-state index contributed by atoms with van der Waals surface area (Å²) in [5.74, 6) is 0. The van der Waals surface area contributed by atoms with E-state index in [0.29, 0.717) is 6.04 Å². The molecule has 0 bridgehead atoms. The van der Waals surface area contributed by atoms with Crippen molar-refractivity contribution in [2.75, 3.05) is 19.6 Å². The van der Waals surface area contributed by atoms with Crippen LogP contribution in [0.4, 0.5) is 0 Å². The van der Waals surface area contributed by atoms with E-state index in [1.807, 2.05) is 12.2 Å². The first kappa shape index (κ1) is 17.4. The molecule has 0 saturated carbocycles. The highest BCUT2D eigenvalue weighted by atomic mass is 16.3. The van der Waals surface area contributed by atoms with Gasteiger partial charge < -0.3 is 10.4 Å². The first-order valence-corrected chi connectivity index (χ1v) is 6.94. The van der Waals surface area contributed by atoms with E-state index in [-0.39, 0.29) is 12.1 Å². The molecule has 0 aliphatic carbocycles. The van der Waals surface area contributed by atoms with Crippen LogP contribution in [0.25, 0.3) is 0 Å². The van der Waals surface area contributed by atoms with Crippen molar-refractivity contribution in [3.05, 3.63) is 25.3 Å². The normalized spacial score (nSPS) is 14.8. The Labute approximate surface area is 113 Å². The molecule has 0 aromatic heterocycles. The second-order valence-corrected chi connectivity index (χ2v) is 5.02. The van der Waals surface area contributed by atoms with Crippen LogP contribution >= 0.6 is 0 Å². The Morgan fingerprint density at radius 3 is 2.17 bits per heavy atom. The largest absolute Gasteiger partial charge is 0.391 e. The minimum absolute atomic E-state index is 0.114. The van der Waals surface area contributed by atoms with Crippen LogP contribution in [-0.4, -0.2) is 47.8 Å². The number of nitrogens with zero attached hydrogens (tertiary/aromatic N) is 1. The van der Waals surface area contributed by atoms with Gasteiger partial charge in [-0.1, -0.05) is 39.3 Å². The monoisotopic (exact) mass is 254 g/mol. The van der Waals surface area contributed by atoms with Crippen LogP contribution in [0.2, 0.25) is 0 Å². The van der Waals surface area contributed by atoms with Gasteiger partial charge in [0.25, 0.3) is 0 Å². The minimum Gasteiger partial charge on any atom is -0.391 e. The van der Waals surface area contributed by atoms with E-state index in [4.69, 9.17) is 0 Å². The van der Waals surface area contributed by atoms with Gasteiger partial charge >= 0.3 is 0 Å². The van der Waals surface area contributed by atoms with E-state index in [1.54, 1.807) is 0 Å². The average molecular weight is 254 g/mol. The number of hydrogen-bond donors (Lipinski definition) is 2. The van der Waals surface area contributed by atoms with Crippen LogP contribution in [0.3, 0.4) is 0 Å². The molecule has 3 nitrogen and oxygen atoms in total. The van der Waals surface area contributed by atoms with Crippen molar-refractivity contribution in [1.82, 2.24) is 10.2 Å². The molecule has 0 fully saturated rings. The Balaban J connectivity index is 4.65. The van der Waals surface area contributed by atoms with Crippen molar-refractivity contribution < 1.29 is 5.11 Å². The fourth-order valence-corrected chi connectivity index (χ4v) is 2.03. The maximum Gasteiger partial charge on any atom is 0.0707 e. The van der Waals surface area contributed by atoms with Gasteiger partial charge in [-0.05, 0) is 6.42 Å². The van der Waals surface area contributed by atoms with Gasteiger partial charge in [-0.25, -0.2) is 0 Å². The van der Waals surface area contributed by atoms with Crippen molar-refractivity contribution in [2.24, 2.45) is 0 Å². The summed E-state index contributed by atoms with van der Waals surface area (Å²) in [5.41, 5.74) is 0. The fraction of sp³-hybridized carbons (Fsp3) is 0.733. The molecule has 0 aliphatic heterocycles. The second kappa shape index (κ2) is 10.3. The standard InChI is InChI=1S/C15H30N2O/c1-6-9-15(18)14(12-16-13(4)5)17(10-7-2)11-8-3/h7-8,13-16,18H,2-3,6,9-12H2,1,4-5H3/t14-,15+/m1/s1. The smallest absolute Gasteiger partial charge is 0.0707 e. The van der Waals surface area contributed by atoms with Gasteiger partial charge in [0.1, 0.15) is 0 Å². The van der Waals surface area contributed by atoms with Crippen molar-refractivity contribution in [3.63, 3.8) is 0 Å². The highest BCUT2D eigenvalue weighted by Crippen LogP contribution is 2.10. The third kappa shape index (κ3) is 6.94. The molecular formula is C15H30N2O. The molecule has 2 atom stereocenters. The number of aliphatic hydroxyl groups excluding tert-OH is 1. The maximum absolute atomic E-state index is 10.3. The Bertz CT molecular complexity index is 219. The summed E-state index contributed by atoms with van der Waals surface area (Å²) >= 11 is 0. The molecule has 0 aromatic carbocycles. The van der Waals surface area contributed by atoms with Crippen LogP contribution in [0.1, 0.15) is 33.6 Å². The molecule has 0 unspecified atom stereocenters. The van der Waals surface area contributed by atoms with Crippen LogP contribution in [0.15, 0.2) is 25.3 Å². The summed E-state index contributed by atoms with van der Waals surface area (Å²) in [6.07, 6.45) is 5.28. The molecule has 0 spiro atoms. The van der Waals surface area contributed by atoms with Gasteiger partial charge in [-0.2, -0.15) is 0 Å². The average Bonchev–Trinajstić information content (AvgIpc) is 2.29. The van der Waals surface area contributed by atoms with Crippen LogP contribution in [0.5, 0.6) is 0 Å². The first-order chi connectivity index (χ1) is 8.56. The molecule has 0 heterocycles. The third-order valence-corrected chi connectivity index (χ3v) is 2.96. The molecule has 0 radical (unpaired) electrons. The van der Waals surface area contributed by atoms with E-state index >= 15 is 0 Å². The first-order valence-electron chi connectivity index (χ1n) is 6.94. The second-order valence-electron chi connectivity index (χ2n) is 5.02. The minimum atomic E-state index is -0.304. The molecular weight excluding hydrogens is 224 g/mol. The predicted molar refractivity (Wildman–Crippen MR) is 79.8 cm³/mol. The van der Waals surface area contributed by atoms with Crippen molar-refractivity contribution >= 4 is 0 Å². The number of aliphatic hydroxyl groups is 1. The summed E-state index contributed by atoms with van der Waals surface area (Å²) < 4.78 is 0. The van der Waals surface area contributed by atoms with Crippen LogP contribution in [-0.2, 0) is 0 Å². The Hall–Kier alpha value is -0.640. The van der Waals surface area contributed by atoms with Gasteiger partial charge in [-0.15, -0.1) is 13.2 Å². The highest BCUT2D eigenvalue weighted by molar-refractivity contribution is 4.89. The zero-order valence-corrected chi connectivity index (χ0v) is 12.2. The van der Waals surface area contributed by atoms with Gasteiger partial charge in [-0.3, -0.25) is 4.90 Å². The summed E-state index contributed by atoms with van der Waals surface area (Å²) in [6.45, 7) is 16.3. The SMILES string of the molecule is C=CCN(CC=C)[C@H](CNC(C)C)[C@@H](O)CCC. The Kier molecular flexibility index (Phi) is 9.93. The van der Waals surface area contributed by atoms with Gasteiger partial charge in [0.2, 0.25) is 0 Å². The molecule has 0 saturated heterocycles. The summed E-state index contributed by atoms with van der Waals surface area (Å²) in [4.78, 5) is 2.22. The molecule has 18 heavy (non-hydrogen) atoms. The zero-order chi connectivity index (χ0) is 14.0. The number of rotatable bonds is 11. The van der Waals surface area contributed by atoms with Crippen molar-refractivity contribution in [1.29, 1.82) is 0 Å². The van der Waals surface area contributed by atoms with Crippen LogP contribution in [0, 0.1) is 0 Å². The third-order valence-electron chi connectivity index (χ3n) is 2.96. The zero-order valence-electron chi connectivity index (χ0n) is 12.2. The van der Waals surface area contributed by atoms with E-state index in [2.05, 4.69) is 44.1 Å². The van der Waals surface area contributed by atoms with Crippen LogP contribution < -0.4 is 5.32 Å². The lowest BCUT2D eigenvalue weighted by Gasteiger charge is -2.34. The summed E-state index contributed by atoms with van der Waals surface area (Å²) in [7, 11) is 0. The number of nitrogens with one attached hydrogen (secondary N) is 1. The quantitative estimate of drug-likeness (QED) is 0.555. The lowest BCUT2D eigenvalue weighted by atomic mass is 10.0. The maximum atomic E-state index is 10.3. The topological polar surface area (TPSA) is 35.5 Å². The molecule has 0 aliphatic rings. The molecule has 106 valence electrons. The van der Waals surface area contributed by atoms with Gasteiger partial charge in [0.15, 0.2) is 0 Å². The van der Waals surface area contributed by atoms with E-state index in [1.165, 1.54) is 0 Å². The van der Waals surface area contributed by atoms with E-state index < -0.39 is 0 Å². The summed E-state index contributed by atoms with van der Waals surface area (Å²) in [5, 5.41) is 13.7. The van der Waals surface area contributed by atoms with Gasteiger partial charge in [0.05, 0.1) is 6.10 Å². The lowest BCUT2D eigenvalue weighted by molar-refractivity contribution is 0.0534. The van der Waals surface area contributed by atoms with Gasteiger partial charge in [0, 0.05) is 31.7 Å². The van der Waals surface area contributed by atoms with Crippen molar-refractivity contribution in [2.45, 2.75) is 51.8 Å². The van der Waals surface area contributed by atoms with E-state index in [9.17, 15) is 5.11 Å². The Morgan fingerprint density at radius 2 is 1.78 bits per heavy atom. The molecule has 0 aromatic rings. The molecule has 2 N–H and O–H groups in total. The summed E-state index contributed by atoms with van der Waals surface area (Å²) in [6, 6.07) is 0.541. The predicted octanol–water partition coefficient (Wildman–Crippen LogP) is 2.19. The number of hydrogen-bond acceptors (Lipinski definition) is 3. The molecule has 3 heteroatoms. The lowest BCUT2D eigenvalue weighted by Crippen LogP contribution is -2.50. The molecule has 0 rings (SSSR count). The highest BCUT2D eigenvalue weighted by Gasteiger charge is 2.24. The fourth-order valence-electron chi connectivity index (χ4n) is 2.03. The van der Waals surface area contributed by atoms with E-state index in [0.717, 1.165) is 32.5 Å². The Morgan fingerprint density at radius 1 is 1.22 bits per heavy atom.